The van der Waals surface area contributed by atoms with Crippen LogP contribution in [0, 0.1) is 5.82 Å². The Morgan fingerprint density at radius 1 is 1.17 bits per heavy atom. The molecule has 3 nitrogen and oxygen atoms in total. The van der Waals surface area contributed by atoms with E-state index in [0.29, 0.717) is 16.6 Å². The van der Waals surface area contributed by atoms with Gasteiger partial charge in [0, 0.05) is 6.54 Å². The van der Waals surface area contributed by atoms with Crippen molar-refractivity contribution < 1.29 is 9.18 Å². The maximum absolute atomic E-state index is 13.4. The zero-order valence-electron chi connectivity index (χ0n) is 13.5. The van der Waals surface area contributed by atoms with E-state index < -0.39 is 0 Å². The van der Waals surface area contributed by atoms with Crippen molar-refractivity contribution in [3.05, 3.63) is 69.5 Å². The molecule has 0 spiro atoms. The lowest BCUT2D eigenvalue weighted by molar-refractivity contribution is -0.120. The molecule has 24 heavy (non-hydrogen) atoms. The normalized spacial score (nSPS) is 12.2. The van der Waals surface area contributed by atoms with Crippen LogP contribution in [0.2, 0.25) is 10.0 Å². The van der Waals surface area contributed by atoms with Gasteiger partial charge in [-0.2, -0.15) is 0 Å². The molecule has 1 N–H and O–H groups in total. The highest BCUT2D eigenvalue weighted by molar-refractivity contribution is 6.42. The molecular formula is C18H19Cl2FN2O. The third kappa shape index (κ3) is 5.20. The van der Waals surface area contributed by atoms with E-state index in [2.05, 4.69) is 5.32 Å². The predicted molar refractivity (Wildman–Crippen MR) is 96.0 cm³/mol. The molecule has 0 fully saturated rings. The quantitative estimate of drug-likeness (QED) is 0.832. The Bertz CT molecular complexity index is 722. The summed E-state index contributed by atoms with van der Waals surface area (Å²) in [4.78, 5) is 14.1. The van der Waals surface area contributed by atoms with E-state index in [4.69, 9.17) is 23.2 Å². The van der Waals surface area contributed by atoms with Crippen molar-refractivity contribution in [2.45, 2.75) is 12.5 Å². The van der Waals surface area contributed by atoms with E-state index in [1.807, 2.05) is 25.1 Å². The zero-order chi connectivity index (χ0) is 17.7. The summed E-state index contributed by atoms with van der Waals surface area (Å²) in [5, 5.41) is 3.77. The zero-order valence-corrected chi connectivity index (χ0v) is 15.0. The molecule has 0 saturated carbocycles. The Balaban J connectivity index is 1.98. The molecule has 1 unspecified atom stereocenters. The molecule has 2 rings (SSSR count). The molecule has 0 aliphatic rings. The number of nitrogens with one attached hydrogen (secondary N) is 1. The molecule has 2 aromatic rings. The molecule has 128 valence electrons. The van der Waals surface area contributed by atoms with E-state index in [-0.39, 0.29) is 24.2 Å². The van der Waals surface area contributed by atoms with Crippen LogP contribution in [0.15, 0.2) is 42.5 Å². The fourth-order valence-corrected chi connectivity index (χ4v) is 2.74. The summed E-state index contributed by atoms with van der Waals surface area (Å²) in [5.74, 6) is -0.418. The number of benzene rings is 2. The molecule has 0 heterocycles. The largest absolute Gasteiger partial charge is 0.354 e. The summed E-state index contributed by atoms with van der Waals surface area (Å²) in [5.41, 5.74) is 1.60. The molecular weight excluding hydrogens is 350 g/mol. The minimum atomic E-state index is -0.290. The van der Waals surface area contributed by atoms with Gasteiger partial charge in [-0.1, -0.05) is 41.4 Å². The monoisotopic (exact) mass is 368 g/mol. The molecule has 6 heteroatoms. The molecule has 0 aliphatic heterocycles. The number of halogens is 3. The van der Waals surface area contributed by atoms with Crippen LogP contribution in [-0.4, -0.2) is 31.4 Å². The third-order valence-electron chi connectivity index (χ3n) is 3.70. The van der Waals surface area contributed by atoms with E-state index in [1.165, 1.54) is 12.1 Å². The SMILES string of the molecule is CN(C)C(CNC(=O)Cc1ccc(Cl)c(Cl)c1)c1cccc(F)c1. The van der Waals surface area contributed by atoms with E-state index in [0.717, 1.165) is 11.1 Å². The summed E-state index contributed by atoms with van der Waals surface area (Å²) in [7, 11) is 3.78. The van der Waals surface area contributed by atoms with Crippen molar-refractivity contribution in [3.63, 3.8) is 0 Å². The van der Waals surface area contributed by atoms with Gasteiger partial charge in [0.05, 0.1) is 22.5 Å². The van der Waals surface area contributed by atoms with Crippen LogP contribution >= 0.6 is 23.2 Å². The highest BCUT2D eigenvalue weighted by Gasteiger charge is 2.16. The van der Waals surface area contributed by atoms with Crippen molar-refractivity contribution in [1.29, 1.82) is 0 Å². The van der Waals surface area contributed by atoms with Gasteiger partial charge in [-0.25, -0.2) is 4.39 Å². The van der Waals surface area contributed by atoms with Crippen LogP contribution in [-0.2, 0) is 11.2 Å². The molecule has 0 aromatic heterocycles. The summed E-state index contributed by atoms with van der Waals surface area (Å²) < 4.78 is 13.4. The molecule has 2 aromatic carbocycles. The lowest BCUT2D eigenvalue weighted by Gasteiger charge is -2.25. The maximum atomic E-state index is 13.4. The molecule has 1 atom stereocenters. The van der Waals surface area contributed by atoms with E-state index in [1.54, 1.807) is 24.3 Å². The summed E-state index contributed by atoms with van der Waals surface area (Å²) in [6.07, 6.45) is 0.209. The number of rotatable bonds is 6. The van der Waals surface area contributed by atoms with Crippen LogP contribution < -0.4 is 5.32 Å². The first-order chi connectivity index (χ1) is 11.4. The third-order valence-corrected chi connectivity index (χ3v) is 4.44. The van der Waals surface area contributed by atoms with Crippen molar-refractivity contribution in [3.8, 4) is 0 Å². The number of amides is 1. The summed E-state index contributed by atoms with van der Waals surface area (Å²) >= 11 is 11.8. The van der Waals surface area contributed by atoms with Gasteiger partial charge in [-0.15, -0.1) is 0 Å². The predicted octanol–water partition coefficient (Wildman–Crippen LogP) is 4.09. The van der Waals surface area contributed by atoms with E-state index in [9.17, 15) is 9.18 Å². The average Bonchev–Trinajstić information content (AvgIpc) is 2.51. The lowest BCUT2D eigenvalue weighted by Crippen LogP contribution is -2.35. The van der Waals surface area contributed by atoms with Crippen LogP contribution in [0.4, 0.5) is 4.39 Å². The van der Waals surface area contributed by atoms with Crippen LogP contribution in [0.25, 0.3) is 0 Å². The van der Waals surface area contributed by atoms with Crippen LogP contribution in [0.1, 0.15) is 17.2 Å². The van der Waals surface area contributed by atoms with Crippen LogP contribution in [0.3, 0.4) is 0 Å². The molecule has 1 amide bonds. The first-order valence-corrected chi connectivity index (χ1v) is 8.25. The van der Waals surface area contributed by atoms with Gasteiger partial charge in [0.15, 0.2) is 0 Å². The van der Waals surface area contributed by atoms with E-state index >= 15 is 0 Å². The van der Waals surface area contributed by atoms with Crippen molar-refractivity contribution in [1.82, 2.24) is 10.2 Å². The smallest absolute Gasteiger partial charge is 0.224 e. The first kappa shape index (κ1) is 18.7. The van der Waals surface area contributed by atoms with Crippen molar-refractivity contribution in [2.24, 2.45) is 0 Å². The van der Waals surface area contributed by atoms with Gasteiger partial charge >= 0.3 is 0 Å². The standard InChI is InChI=1S/C18H19Cl2FN2O/c1-23(2)17(13-4-3-5-14(21)10-13)11-22-18(24)9-12-6-7-15(19)16(20)8-12/h3-8,10,17H,9,11H2,1-2H3,(H,22,24). The second kappa shape index (κ2) is 8.47. The van der Waals surface area contributed by atoms with Gasteiger partial charge in [-0.3, -0.25) is 4.79 Å². The van der Waals surface area contributed by atoms with Gasteiger partial charge in [-0.05, 0) is 49.5 Å². The Kier molecular flexibility index (Phi) is 6.60. The summed E-state index contributed by atoms with van der Waals surface area (Å²) in [6, 6.07) is 11.4. The number of likely N-dealkylation sites (N-methyl/N-ethyl adjacent to an activating group) is 1. The van der Waals surface area contributed by atoms with Gasteiger partial charge in [0.2, 0.25) is 5.91 Å². The molecule has 0 bridgehead atoms. The number of nitrogens with zero attached hydrogens (tertiary/aromatic N) is 1. The second-order valence-electron chi connectivity index (χ2n) is 5.76. The summed E-state index contributed by atoms with van der Waals surface area (Å²) in [6.45, 7) is 0.386. The minimum Gasteiger partial charge on any atom is -0.354 e. The molecule has 0 saturated heterocycles. The van der Waals surface area contributed by atoms with Gasteiger partial charge in [0.1, 0.15) is 5.82 Å². The number of hydrogen-bond donors (Lipinski definition) is 1. The van der Waals surface area contributed by atoms with Crippen molar-refractivity contribution in [2.75, 3.05) is 20.6 Å². The fourth-order valence-electron chi connectivity index (χ4n) is 2.42. The highest BCUT2D eigenvalue weighted by atomic mass is 35.5. The average molecular weight is 369 g/mol. The Labute approximate surface area is 151 Å². The Hall–Kier alpha value is -1.62. The fraction of sp³-hybridized carbons (Fsp3) is 0.278. The Morgan fingerprint density at radius 2 is 1.92 bits per heavy atom. The van der Waals surface area contributed by atoms with Crippen LogP contribution in [0.5, 0.6) is 0 Å². The molecule has 0 radical (unpaired) electrons. The Morgan fingerprint density at radius 3 is 2.54 bits per heavy atom. The first-order valence-electron chi connectivity index (χ1n) is 7.49. The number of carbonyl (C=O) groups is 1. The number of carbonyl (C=O) groups excluding carboxylic acids is 1. The van der Waals surface area contributed by atoms with Crippen molar-refractivity contribution >= 4 is 29.1 Å². The maximum Gasteiger partial charge on any atom is 0.224 e. The van der Waals surface area contributed by atoms with Gasteiger partial charge < -0.3 is 10.2 Å². The topological polar surface area (TPSA) is 32.3 Å². The number of hydrogen-bond acceptors (Lipinski definition) is 2. The van der Waals surface area contributed by atoms with Gasteiger partial charge in [0.25, 0.3) is 0 Å². The molecule has 0 aliphatic carbocycles. The lowest BCUT2D eigenvalue weighted by atomic mass is 10.1. The minimum absolute atomic E-state index is 0.113. The second-order valence-corrected chi connectivity index (χ2v) is 6.58. The highest BCUT2D eigenvalue weighted by Crippen LogP contribution is 2.23.